The Labute approximate surface area is 115 Å². The summed E-state index contributed by atoms with van der Waals surface area (Å²) < 4.78 is 27.8. The lowest BCUT2D eigenvalue weighted by Gasteiger charge is -2.24. The predicted octanol–water partition coefficient (Wildman–Crippen LogP) is 0.342. The number of hydrogen-bond acceptors (Lipinski definition) is 7. The van der Waals surface area contributed by atoms with Crippen LogP contribution in [0.25, 0.3) is 0 Å². The lowest BCUT2D eigenvalue weighted by atomic mass is 9.94. The van der Waals surface area contributed by atoms with Gasteiger partial charge in [-0.2, -0.15) is 0 Å². The molecular weight excluding hydrogens is 275 g/mol. The van der Waals surface area contributed by atoms with Gasteiger partial charge in [0.15, 0.2) is 5.78 Å². The van der Waals surface area contributed by atoms with Crippen molar-refractivity contribution in [3.8, 4) is 0 Å². The first-order valence-electron chi connectivity index (χ1n) is 5.81. The molecule has 0 N–H and O–H groups in total. The number of Topliss-reactive ketones (excluding diaryl/α,β-unsaturated/α-hetero) is 1. The highest BCUT2D eigenvalue weighted by atomic mass is 19.1. The molecule has 1 unspecified atom stereocenters. The van der Waals surface area contributed by atoms with Crippen LogP contribution in [0.4, 0.5) is 4.39 Å². The summed E-state index contributed by atoms with van der Waals surface area (Å²) in [5, 5.41) is 0. The Kier molecular flexibility index (Phi) is 6.81. The van der Waals surface area contributed by atoms with Crippen molar-refractivity contribution in [2.24, 2.45) is 0 Å². The second-order valence-corrected chi connectivity index (χ2v) is 3.90. The molecule has 0 aliphatic rings. The van der Waals surface area contributed by atoms with Gasteiger partial charge < -0.3 is 14.2 Å². The van der Waals surface area contributed by atoms with Gasteiger partial charge in [0.05, 0.1) is 13.7 Å². The number of halogens is 1. The van der Waals surface area contributed by atoms with E-state index >= 15 is 0 Å². The molecular formula is C12H17FO7. The van der Waals surface area contributed by atoms with Crippen LogP contribution in [0.5, 0.6) is 0 Å². The van der Waals surface area contributed by atoms with Gasteiger partial charge >= 0.3 is 17.9 Å². The van der Waals surface area contributed by atoms with Crippen molar-refractivity contribution in [3.63, 3.8) is 0 Å². The average Bonchev–Trinajstić information content (AvgIpc) is 2.36. The van der Waals surface area contributed by atoms with E-state index in [1.54, 1.807) is 0 Å². The lowest BCUT2D eigenvalue weighted by Crippen LogP contribution is -2.47. The fourth-order valence-electron chi connectivity index (χ4n) is 1.38. The van der Waals surface area contributed by atoms with Crippen LogP contribution in [0.1, 0.15) is 27.2 Å². The van der Waals surface area contributed by atoms with Crippen LogP contribution in [-0.4, -0.2) is 49.2 Å². The summed E-state index contributed by atoms with van der Waals surface area (Å²) in [6, 6.07) is 0. The molecule has 0 radical (unpaired) electrons. The molecule has 20 heavy (non-hydrogen) atoms. The highest BCUT2D eigenvalue weighted by Crippen LogP contribution is 2.24. The maximum atomic E-state index is 14.5. The van der Waals surface area contributed by atoms with E-state index in [4.69, 9.17) is 0 Å². The monoisotopic (exact) mass is 292 g/mol. The molecule has 0 aliphatic carbocycles. The maximum Gasteiger partial charge on any atom is 0.351 e. The van der Waals surface area contributed by atoms with E-state index < -0.39 is 41.9 Å². The van der Waals surface area contributed by atoms with E-state index in [-0.39, 0.29) is 6.61 Å². The molecule has 0 fully saturated rings. The first-order chi connectivity index (χ1) is 9.18. The van der Waals surface area contributed by atoms with Gasteiger partial charge in [0.1, 0.15) is 0 Å². The van der Waals surface area contributed by atoms with Crippen molar-refractivity contribution in [2.75, 3.05) is 13.7 Å². The van der Waals surface area contributed by atoms with Crippen LogP contribution < -0.4 is 0 Å². The smallest absolute Gasteiger partial charge is 0.351 e. The molecule has 0 amide bonds. The van der Waals surface area contributed by atoms with E-state index in [1.807, 2.05) is 0 Å². The number of carbonyl (C=O) groups is 4. The zero-order valence-corrected chi connectivity index (χ0v) is 11.7. The minimum atomic E-state index is -3.08. The second-order valence-electron chi connectivity index (χ2n) is 3.90. The zero-order chi connectivity index (χ0) is 15.9. The third-order valence-corrected chi connectivity index (χ3v) is 2.40. The van der Waals surface area contributed by atoms with E-state index in [0.717, 1.165) is 21.0 Å². The molecule has 0 saturated carbocycles. The fraction of sp³-hybridized carbons (Fsp3) is 0.667. The van der Waals surface area contributed by atoms with E-state index in [1.165, 1.54) is 6.92 Å². The van der Waals surface area contributed by atoms with Gasteiger partial charge in [-0.25, -0.2) is 14.0 Å². The van der Waals surface area contributed by atoms with Crippen LogP contribution >= 0.6 is 0 Å². The van der Waals surface area contributed by atoms with Gasteiger partial charge in [0.25, 0.3) is 5.67 Å². The Bertz CT molecular complexity index is 407. The summed E-state index contributed by atoms with van der Waals surface area (Å²) in [4.78, 5) is 45.1. The third kappa shape index (κ3) is 4.60. The summed E-state index contributed by atoms with van der Waals surface area (Å²) in [5.74, 6) is -4.55. The van der Waals surface area contributed by atoms with Crippen LogP contribution in [0, 0.1) is 0 Å². The van der Waals surface area contributed by atoms with Crippen molar-refractivity contribution >= 4 is 23.7 Å². The van der Waals surface area contributed by atoms with Crippen LogP contribution in [-0.2, 0) is 33.4 Å². The molecule has 0 bridgehead atoms. The Morgan fingerprint density at radius 3 is 2.10 bits per heavy atom. The molecule has 114 valence electrons. The third-order valence-electron chi connectivity index (χ3n) is 2.40. The second kappa shape index (κ2) is 7.56. The average molecular weight is 292 g/mol. The molecule has 0 saturated heterocycles. The van der Waals surface area contributed by atoms with Crippen molar-refractivity contribution in [3.05, 3.63) is 0 Å². The summed E-state index contributed by atoms with van der Waals surface area (Å²) >= 11 is 0. The van der Waals surface area contributed by atoms with Crippen LogP contribution in [0.2, 0.25) is 0 Å². The van der Waals surface area contributed by atoms with Gasteiger partial charge in [0.2, 0.25) is 6.10 Å². The molecule has 0 spiro atoms. The van der Waals surface area contributed by atoms with E-state index in [0.29, 0.717) is 0 Å². The molecule has 0 heterocycles. The number of ether oxygens (including phenoxy) is 3. The molecule has 2 atom stereocenters. The van der Waals surface area contributed by atoms with Gasteiger partial charge in [-0.15, -0.1) is 0 Å². The molecule has 0 aromatic heterocycles. The van der Waals surface area contributed by atoms with Crippen LogP contribution in [0.3, 0.4) is 0 Å². The predicted molar refractivity (Wildman–Crippen MR) is 63.3 cm³/mol. The number of alkyl halides is 1. The molecule has 8 heteroatoms. The van der Waals surface area contributed by atoms with Gasteiger partial charge in [-0.1, -0.05) is 0 Å². The SMILES string of the molecule is CCOC(=O)C(F)(C[C@H](OC(C)=O)C(=O)OC)C(C)=O. The number of methoxy groups -OCH3 is 1. The Morgan fingerprint density at radius 1 is 1.20 bits per heavy atom. The van der Waals surface area contributed by atoms with E-state index in [9.17, 15) is 23.6 Å². The zero-order valence-electron chi connectivity index (χ0n) is 11.7. The summed E-state index contributed by atoms with van der Waals surface area (Å²) in [5.41, 5.74) is -3.08. The molecule has 0 aliphatic heterocycles. The fourth-order valence-corrected chi connectivity index (χ4v) is 1.38. The minimum absolute atomic E-state index is 0.145. The maximum absolute atomic E-state index is 14.5. The molecule has 7 nitrogen and oxygen atoms in total. The summed E-state index contributed by atoms with van der Waals surface area (Å²) in [6.45, 7) is 3.11. The molecule has 0 aromatic rings. The number of hydrogen-bond donors (Lipinski definition) is 0. The summed E-state index contributed by atoms with van der Waals surface area (Å²) in [6.07, 6.45) is -2.70. The van der Waals surface area contributed by atoms with Crippen molar-refractivity contribution in [1.82, 2.24) is 0 Å². The number of esters is 3. The highest BCUT2D eigenvalue weighted by molar-refractivity contribution is 6.06. The van der Waals surface area contributed by atoms with E-state index in [2.05, 4.69) is 14.2 Å². The van der Waals surface area contributed by atoms with Gasteiger partial charge in [-0.05, 0) is 13.8 Å². The Hall–Kier alpha value is -1.99. The highest BCUT2D eigenvalue weighted by Gasteiger charge is 2.49. The molecule has 0 aromatic carbocycles. The van der Waals surface area contributed by atoms with Gasteiger partial charge in [0, 0.05) is 13.3 Å². The number of carbonyl (C=O) groups excluding carboxylic acids is 4. The first-order valence-corrected chi connectivity index (χ1v) is 5.81. The normalized spacial score (nSPS) is 14.7. The topological polar surface area (TPSA) is 96.0 Å². The Morgan fingerprint density at radius 2 is 1.75 bits per heavy atom. The van der Waals surface area contributed by atoms with Gasteiger partial charge in [-0.3, -0.25) is 9.59 Å². The number of rotatable bonds is 7. The number of ketones is 1. The van der Waals surface area contributed by atoms with Crippen LogP contribution in [0.15, 0.2) is 0 Å². The van der Waals surface area contributed by atoms with Crippen molar-refractivity contribution in [1.29, 1.82) is 0 Å². The minimum Gasteiger partial charge on any atom is -0.466 e. The quantitative estimate of drug-likeness (QED) is 0.379. The first kappa shape index (κ1) is 18.0. The molecule has 0 rings (SSSR count). The van der Waals surface area contributed by atoms with Crippen molar-refractivity contribution in [2.45, 2.75) is 39.0 Å². The summed E-state index contributed by atoms with van der Waals surface area (Å²) in [7, 11) is 0.997. The Balaban J connectivity index is 5.28. The standard InChI is InChI=1S/C12H17FO7/c1-5-19-11(17)12(13,7(2)14)6-9(10(16)18-4)20-8(3)15/h9H,5-6H2,1-4H3/t9-,12?/m0/s1. The largest absolute Gasteiger partial charge is 0.466 e. The lowest BCUT2D eigenvalue weighted by molar-refractivity contribution is -0.174. The van der Waals surface area contributed by atoms with Crippen molar-refractivity contribution < 1.29 is 37.8 Å².